The van der Waals surface area contributed by atoms with Gasteiger partial charge in [-0.05, 0) is 18.2 Å². The van der Waals surface area contributed by atoms with Gasteiger partial charge in [0.25, 0.3) is 5.91 Å². The SMILES string of the molecule is CN(Cc1nc2ccccc2s1)C(=O)c1cc(S(=O)(=O)N2CCSCC2)c[nH]1. The monoisotopic (exact) mass is 436 g/mol. The number of H-pyrrole nitrogens is 1. The number of hydrogen-bond donors (Lipinski definition) is 1. The highest BCUT2D eigenvalue weighted by atomic mass is 32.2. The van der Waals surface area contributed by atoms with E-state index in [1.165, 1.54) is 21.5 Å². The largest absolute Gasteiger partial charge is 0.356 e. The molecule has 1 aliphatic rings. The molecule has 3 aromatic rings. The van der Waals surface area contributed by atoms with Crippen molar-refractivity contribution >= 4 is 49.2 Å². The van der Waals surface area contributed by atoms with Gasteiger partial charge in [-0.25, -0.2) is 13.4 Å². The Morgan fingerprint density at radius 1 is 1.29 bits per heavy atom. The molecule has 7 nitrogen and oxygen atoms in total. The molecule has 1 aliphatic heterocycles. The van der Waals surface area contributed by atoms with E-state index in [-0.39, 0.29) is 16.5 Å². The summed E-state index contributed by atoms with van der Waals surface area (Å²) < 4.78 is 28.0. The number of carbonyl (C=O) groups is 1. The number of amides is 1. The van der Waals surface area contributed by atoms with Gasteiger partial charge >= 0.3 is 0 Å². The van der Waals surface area contributed by atoms with Crippen LogP contribution in [0.15, 0.2) is 41.4 Å². The Morgan fingerprint density at radius 2 is 2.04 bits per heavy atom. The molecule has 10 heteroatoms. The van der Waals surface area contributed by atoms with E-state index in [9.17, 15) is 13.2 Å². The van der Waals surface area contributed by atoms with E-state index < -0.39 is 10.0 Å². The molecule has 148 valence electrons. The smallest absolute Gasteiger partial charge is 0.270 e. The van der Waals surface area contributed by atoms with E-state index in [0.717, 1.165) is 26.7 Å². The number of rotatable bonds is 5. The highest BCUT2D eigenvalue weighted by Crippen LogP contribution is 2.24. The van der Waals surface area contributed by atoms with Crippen LogP contribution in [0.25, 0.3) is 10.2 Å². The molecular formula is C18H20N4O3S3. The normalized spacial score (nSPS) is 15.8. The van der Waals surface area contributed by atoms with Gasteiger partial charge in [0.05, 0.1) is 16.8 Å². The second-order valence-corrected chi connectivity index (χ2v) is 10.8. The van der Waals surface area contributed by atoms with Crippen molar-refractivity contribution < 1.29 is 13.2 Å². The highest BCUT2D eigenvalue weighted by molar-refractivity contribution is 7.99. The molecule has 0 radical (unpaired) electrons. The molecule has 2 aromatic heterocycles. The topological polar surface area (TPSA) is 86.4 Å². The minimum Gasteiger partial charge on any atom is -0.356 e. The summed E-state index contributed by atoms with van der Waals surface area (Å²) in [4.78, 5) is 21.8. The number of fused-ring (bicyclic) bond motifs is 1. The van der Waals surface area contributed by atoms with Crippen molar-refractivity contribution in [1.29, 1.82) is 0 Å². The van der Waals surface area contributed by atoms with Gasteiger partial charge in [-0.1, -0.05) is 12.1 Å². The number of aromatic nitrogens is 2. The average Bonchev–Trinajstić information content (AvgIpc) is 3.35. The van der Waals surface area contributed by atoms with Crippen molar-refractivity contribution in [3.63, 3.8) is 0 Å². The van der Waals surface area contributed by atoms with Gasteiger partial charge in [-0.15, -0.1) is 11.3 Å². The Morgan fingerprint density at radius 3 is 2.79 bits per heavy atom. The standard InChI is InChI=1S/C18H20N4O3S3/c1-21(12-17-20-14-4-2-3-5-16(14)27-17)18(23)15-10-13(11-19-15)28(24,25)22-6-8-26-9-7-22/h2-5,10-11,19H,6-9,12H2,1H3. The summed E-state index contributed by atoms with van der Waals surface area (Å²) in [6.45, 7) is 1.36. The number of aromatic amines is 1. The number of sulfonamides is 1. The Labute approximate surface area is 171 Å². The van der Waals surface area contributed by atoms with E-state index >= 15 is 0 Å². The van der Waals surface area contributed by atoms with E-state index in [1.54, 1.807) is 30.1 Å². The van der Waals surface area contributed by atoms with Gasteiger partial charge in [0.15, 0.2) is 0 Å². The lowest BCUT2D eigenvalue weighted by atomic mass is 10.3. The Hall–Kier alpha value is -1.88. The maximum atomic E-state index is 12.7. The van der Waals surface area contributed by atoms with Gasteiger partial charge in [0.2, 0.25) is 10.0 Å². The average molecular weight is 437 g/mol. The number of para-hydroxylation sites is 1. The summed E-state index contributed by atoms with van der Waals surface area (Å²) in [5.41, 5.74) is 1.17. The van der Waals surface area contributed by atoms with Gasteiger partial charge < -0.3 is 9.88 Å². The van der Waals surface area contributed by atoms with Crippen LogP contribution in [0.2, 0.25) is 0 Å². The zero-order chi connectivity index (χ0) is 19.7. The van der Waals surface area contributed by atoms with Crippen molar-refractivity contribution in [1.82, 2.24) is 19.2 Å². The first-order chi connectivity index (χ1) is 13.4. The third-order valence-corrected chi connectivity index (χ3v) is 8.39. The molecule has 1 saturated heterocycles. The zero-order valence-corrected chi connectivity index (χ0v) is 17.7. The maximum absolute atomic E-state index is 12.7. The lowest BCUT2D eigenvalue weighted by molar-refractivity contribution is 0.0780. The van der Waals surface area contributed by atoms with Crippen LogP contribution in [0.3, 0.4) is 0 Å². The van der Waals surface area contributed by atoms with Crippen LogP contribution in [0.4, 0.5) is 0 Å². The van der Waals surface area contributed by atoms with E-state index in [4.69, 9.17) is 0 Å². The van der Waals surface area contributed by atoms with Crippen LogP contribution >= 0.6 is 23.1 Å². The second kappa shape index (κ2) is 7.86. The molecule has 3 heterocycles. The van der Waals surface area contributed by atoms with Crippen molar-refractivity contribution in [2.75, 3.05) is 31.6 Å². The quantitative estimate of drug-likeness (QED) is 0.664. The molecule has 1 amide bonds. The number of nitrogens with zero attached hydrogens (tertiary/aromatic N) is 3. The van der Waals surface area contributed by atoms with Gasteiger partial charge in [-0.3, -0.25) is 4.79 Å². The van der Waals surface area contributed by atoms with Crippen LogP contribution < -0.4 is 0 Å². The first-order valence-electron chi connectivity index (χ1n) is 8.81. The predicted molar refractivity (Wildman–Crippen MR) is 112 cm³/mol. The number of thioether (sulfide) groups is 1. The first-order valence-corrected chi connectivity index (χ1v) is 12.2. The van der Waals surface area contributed by atoms with Crippen molar-refractivity contribution in [2.24, 2.45) is 0 Å². The third-order valence-electron chi connectivity index (χ3n) is 4.55. The number of thiazole rings is 1. The summed E-state index contributed by atoms with van der Waals surface area (Å²) in [7, 11) is -1.88. The van der Waals surface area contributed by atoms with E-state index in [1.807, 2.05) is 24.3 Å². The fourth-order valence-electron chi connectivity index (χ4n) is 3.05. The molecule has 0 aliphatic carbocycles. The van der Waals surface area contributed by atoms with Gasteiger partial charge in [0.1, 0.15) is 15.6 Å². The number of nitrogens with one attached hydrogen (secondary N) is 1. The molecule has 0 unspecified atom stereocenters. The molecular weight excluding hydrogens is 416 g/mol. The third kappa shape index (κ3) is 3.82. The summed E-state index contributed by atoms with van der Waals surface area (Å²) >= 11 is 3.29. The number of carbonyl (C=O) groups excluding carboxylic acids is 1. The summed E-state index contributed by atoms with van der Waals surface area (Å²) in [6, 6.07) is 9.26. The first kappa shape index (κ1) is 19.4. The molecule has 4 rings (SSSR count). The van der Waals surface area contributed by atoms with E-state index in [2.05, 4.69) is 9.97 Å². The Kier molecular flexibility index (Phi) is 5.46. The maximum Gasteiger partial charge on any atom is 0.270 e. The summed E-state index contributed by atoms with van der Waals surface area (Å²) in [6.07, 6.45) is 1.40. The molecule has 28 heavy (non-hydrogen) atoms. The van der Waals surface area contributed by atoms with Crippen LogP contribution in [0.5, 0.6) is 0 Å². The summed E-state index contributed by atoms with van der Waals surface area (Å²) in [5, 5.41) is 0.835. The zero-order valence-electron chi connectivity index (χ0n) is 15.3. The molecule has 1 N–H and O–H groups in total. The molecule has 0 bridgehead atoms. The van der Waals surface area contributed by atoms with Gasteiger partial charge in [-0.2, -0.15) is 16.1 Å². The molecule has 0 spiro atoms. The van der Waals surface area contributed by atoms with E-state index in [0.29, 0.717) is 19.6 Å². The number of hydrogen-bond acceptors (Lipinski definition) is 6. The second-order valence-electron chi connectivity index (χ2n) is 6.50. The molecule has 0 saturated carbocycles. The fraction of sp³-hybridized carbons (Fsp3) is 0.333. The summed E-state index contributed by atoms with van der Waals surface area (Å²) in [5.74, 6) is 1.32. The number of benzene rings is 1. The van der Waals surface area contributed by atoms with Crippen molar-refractivity contribution in [2.45, 2.75) is 11.4 Å². The van der Waals surface area contributed by atoms with Crippen LogP contribution in [0, 0.1) is 0 Å². The lowest BCUT2D eigenvalue weighted by Gasteiger charge is -2.24. The molecule has 1 fully saturated rings. The lowest BCUT2D eigenvalue weighted by Crippen LogP contribution is -2.37. The van der Waals surface area contributed by atoms with Crippen LogP contribution in [-0.4, -0.2) is 65.1 Å². The predicted octanol–water partition coefficient (Wildman–Crippen LogP) is 2.63. The minimum atomic E-state index is -3.57. The van der Waals surface area contributed by atoms with Crippen molar-refractivity contribution in [3.8, 4) is 0 Å². The van der Waals surface area contributed by atoms with Crippen LogP contribution in [-0.2, 0) is 16.6 Å². The molecule has 0 atom stereocenters. The molecule has 1 aromatic carbocycles. The minimum absolute atomic E-state index is 0.135. The fourth-order valence-corrected chi connectivity index (χ4v) is 6.64. The van der Waals surface area contributed by atoms with Crippen LogP contribution in [0.1, 0.15) is 15.5 Å². The Balaban J connectivity index is 1.48. The Bertz CT molecular complexity index is 1070. The van der Waals surface area contributed by atoms with Gasteiger partial charge in [0, 0.05) is 37.8 Å². The highest BCUT2D eigenvalue weighted by Gasteiger charge is 2.28. The van der Waals surface area contributed by atoms with Crippen molar-refractivity contribution in [3.05, 3.63) is 47.2 Å².